The molecule has 6 heteroatoms. The van der Waals surface area contributed by atoms with E-state index in [4.69, 9.17) is 5.73 Å². The van der Waals surface area contributed by atoms with E-state index < -0.39 is 11.6 Å². The summed E-state index contributed by atoms with van der Waals surface area (Å²) in [5, 5.41) is 6.10. The van der Waals surface area contributed by atoms with Gasteiger partial charge in [-0.2, -0.15) is 0 Å². The molecular formula is C27H30N4O2. The summed E-state index contributed by atoms with van der Waals surface area (Å²) >= 11 is 0. The summed E-state index contributed by atoms with van der Waals surface area (Å²) in [5.41, 5.74) is 8.19. The number of rotatable bonds is 9. The maximum absolute atomic E-state index is 13.5. The Kier molecular flexibility index (Phi) is 7.15. The Morgan fingerprint density at radius 3 is 2.15 bits per heavy atom. The van der Waals surface area contributed by atoms with Crippen LogP contribution in [0.3, 0.4) is 0 Å². The highest BCUT2D eigenvalue weighted by atomic mass is 16.2. The van der Waals surface area contributed by atoms with Crippen molar-refractivity contribution < 1.29 is 9.59 Å². The SMILES string of the molecule is NC1(C(=O)NC(Cc2ccccc2)C(=O)NC(Cc2ccccn2)c2ccccc2)CCC1. The van der Waals surface area contributed by atoms with Crippen molar-refractivity contribution in [1.29, 1.82) is 0 Å². The molecule has 0 spiro atoms. The minimum absolute atomic E-state index is 0.236. The van der Waals surface area contributed by atoms with Gasteiger partial charge in [0.15, 0.2) is 0 Å². The Morgan fingerprint density at radius 2 is 1.55 bits per heavy atom. The second-order valence-corrected chi connectivity index (χ2v) is 8.72. The standard InChI is InChI=1S/C27H30N4O2/c28-27(15-9-16-27)26(33)31-24(18-20-10-3-1-4-11-20)25(32)30-23(21-12-5-2-6-13-21)19-22-14-7-8-17-29-22/h1-8,10-14,17,23-24H,9,15-16,18-19,28H2,(H,30,32)(H,31,33). The van der Waals surface area contributed by atoms with Gasteiger partial charge in [0, 0.05) is 24.7 Å². The third-order valence-corrected chi connectivity index (χ3v) is 6.26. The van der Waals surface area contributed by atoms with Crippen molar-refractivity contribution in [2.45, 2.75) is 49.7 Å². The molecule has 0 saturated heterocycles. The lowest BCUT2D eigenvalue weighted by atomic mass is 9.77. The zero-order valence-corrected chi connectivity index (χ0v) is 18.6. The Labute approximate surface area is 194 Å². The van der Waals surface area contributed by atoms with E-state index in [2.05, 4.69) is 15.6 Å². The Morgan fingerprint density at radius 1 is 0.879 bits per heavy atom. The van der Waals surface area contributed by atoms with Crippen LogP contribution in [0, 0.1) is 0 Å². The van der Waals surface area contributed by atoms with Crippen molar-refractivity contribution in [3.63, 3.8) is 0 Å². The molecule has 1 aromatic heterocycles. The molecule has 3 aromatic rings. The van der Waals surface area contributed by atoms with Crippen molar-refractivity contribution in [2.75, 3.05) is 0 Å². The number of aromatic nitrogens is 1. The van der Waals surface area contributed by atoms with Crippen LogP contribution in [0.15, 0.2) is 85.1 Å². The van der Waals surface area contributed by atoms with Crippen LogP contribution in [-0.4, -0.2) is 28.4 Å². The first-order chi connectivity index (χ1) is 16.0. The highest BCUT2D eigenvalue weighted by molar-refractivity contribution is 5.92. The van der Waals surface area contributed by atoms with Crippen LogP contribution < -0.4 is 16.4 Å². The number of pyridine rings is 1. The molecule has 2 unspecified atom stereocenters. The van der Waals surface area contributed by atoms with Crippen LogP contribution in [0.5, 0.6) is 0 Å². The summed E-state index contributed by atoms with van der Waals surface area (Å²) in [6, 6.07) is 24.3. The molecule has 170 valence electrons. The zero-order chi connectivity index (χ0) is 23.1. The normalized spacial score (nSPS) is 16.2. The van der Waals surface area contributed by atoms with Crippen LogP contribution in [0.4, 0.5) is 0 Å². The molecule has 2 atom stereocenters. The van der Waals surface area contributed by atoms with Gasteiger partial charge < -0.3 is 16.4 Å². The number of nitrogens with zero attached hydrogens (tertiary/aromatic N) is 1. The van der Waals surface area contributed by atoms with E-state index in [1.54, 1.807) is 6.20 Å². The summed E-state index contributed by atoms with van der Waals surface area (Å²) in [6.45, 7) is 0. The van der Waals surface area contributed by atoms with E-state index in [1.807, 2.05) is 78.9 Å². The van der Waals surface area contributed by atoms with Crippen molar-refractivity contribution in [3.05, 3.63) is 102 Å². The molecule has 33 heavy (non-hydrogen) atoms. The van der Waals surface area contributed by atoms with Gasteiger partial charge in [0.1, 0.15) is 6.04 Å². The molecule has 0 radical (unpaired) electrons. The lowest BCUT2D eigenvalue weighted by molar-refractivity contribution is -0.134. The molecule has 2 aromatic carbocycles. The molecule has 4 rings (SSSR count). The molecule has 1 aliphatic rings. The van der Waals surface area contributed by atoms with Crippen molar-refractivity contribution >= 4 is 11.8 Å². The van der Waals surface area contributed by atoms with Gasteiger partial charge in [0.2, 0.25) is 11.8 Å². The van der Waals surface area contributed by atoms with Crippen molar-refractivity contribution in [1.82, 2.24) is 15.6 Å². The van der Waals surface area contributed by atoms with Crippen molar-refractivity contribution in [3.8, 4) is 0 Å². The van der Waals surface area contributed by atoms with Gasteiger partial charge in [-0.05, 0) is 42.5 Å². The van der Waals surface area contributed by atoms with Gasteiger partial charge in [-0.3, -0.25) is 14.6 Å². The number of hydrogen-bond acceptors (Lipinski definition) is 4. The lowest BCUT2D eigenvalue weighted by Crippen LogP contribution is -2.62. The van der Waals surface area contributed by atoms with E-state index in [1.165, 1.54) is 0 Å². The predicted octanol–water partition coefficient (Wildman–Crippen LogP) is 3.09. The van der Waals surface area contributed by atoms with E-state index in [9.17, 15) is 9.59 Å². The lowest BCUT2D eigenvalue weighted by Gasteiger charge is -2.37. The number of benzene rings is 2. The molecule has 1 aliphatic carbocycles. The topological polar surface area (TPSA) is 97.1 Å². The van der Waals surface area contributed by atoms with Crippen LogP contribution in [-0.2, 0) is 22.4 Å². The van der Waals surface area contributed by atoms with E-state index in [0.717, 1.165) is 23.2 Å². The zero-order valence-electron chi connectivity index (χ0n) is 18.6. The second-order valence-electron chi connectivity index (χ2n) is 8.72. The fourth-order valence-electron chi connectivity index (χ4n) is 4.08. The third kappa shape index (κ3) is 5.84. The van der Waals surface area contributed by atoms with Gasteiger partial charge in [-0.1, -0.05) is 66.7 Å². The summed E-state index contributed by atoms with van der Waals surface area (Å²) in [7, 11) is 0. The van der Waals surface area contributed by atoms with Gasteiger partial charge in [-0.25, -0.2) is 0 Å². The number of carbonyl (C=O) groups is 2. The molecule has 2 amide bonds. The van der Waals surface area contributed by atoms with Crippen LogP contribution in [0.2, 0.25) is 0 Å². The highest BCUT2D eigenvalue weighted by Gasteiger charge is 2.41. The molecule has 1 saturated carbocycles. The number of nitrogens with one attached hydrogen (secondary N) is 2. The van der Waals surface area contributed by atoms with Crippen LogP contribution in [0.1, 0.15) is 42.1 Å². The Balaban J connectivity index is 1.55. The third-order valence-electron chi connectivity index (χ3n) is 6.26. The molecule has 0 aliphatic heterocycles. The van der Waals surface area contributed by atoms with E-state index in [0.29, 0.717) is 25.7 Å². The first-order valence-corrected chi connectivity index (χ1v) is 11.4. The quantitative estimate of drug-likeness (QED) is 0.474. The van der Waals surface area contributed by atoms with Crippen LogP contribution in [0.25, 0.3) is 0 Å². The second kappa shape index (κ2) is 10.4. The van der Waals surface area contributed by atoms with Gasteiger partial charge in [0.25, 0.3) is 0 Å². The minimum atomic E-state index is -0.873. The smallest absolute Gasteiger partial charge is 0.243 e. The Hall–Kier alpha value is -3.51. The average molecular weight is 443 g/mol. The van der Waals surface area contributed by atoms with Gasteiger partial charge >= 0.3 is 0 Å². The van der Waals surface area contributed by atoms with Gasteiger partial charge in [-0.15, -0.1) is 0 Å². The van der Waals surface area contributed by atoms with E-state index >= 15 is 0 Å². The average Bonchev–Trinajstić information content (AvgIpc) is 2.83. The largest absolute Gasteiger partial charge is 0.347 e. The number of amides is 2. The van der Waals surface area contributed by atoms with Crippen LogP contribution >= 0.6 is 0 Å². The fraction of sp³-hybridized carbons (Fsp3) is 0.296. The fourth-order valence-corrected chi connectivity index (χ4v) is 4.08. The summed E-state index contributed by atoms with van der Waals surface area (Å²) in [4.78, 5) is 30.8. The molecule has 0 bridgehead atoms. The maximum Gasteiger partial charge on any atom is 0.243 e. The monoisotopic (exact) mass is 442 g/mol. The first-order valence-electron chi connectivity index (χ1n) is 11.4. The first kappa shape index (κ1) is 22.7. The number of hydrogen-bond donors (Lipinski definition) is 3. The Bertz CT molecular complexity index is 1050. The summed E-state index contributed by atoms with van der Waals surface area (Å²) in [5.74, 6) is -0.495. The maximum atomic E-state index is 13.5. The van der Waals surface area contributed by atoms with E-state index in [-0.39, 0.29) is 17.9 Å². The molecular weight excluding hydrogens is 412 g/mol. The van der Waals surface area contributed by atoms with Gasteiger partial charge in [0.05, 0.1) is 11.6 Å². The number of carbonyl (C=O) groups excluding carboxylic acids is 2. The summed E-state index contributed by atoms with van der Waals surface area (Å²) < 4.78 is 0. The van der Waals surface area contributed by atoms with Crippen molar-refractivity contribution in [2.24, 2.45) is 5.73 Å². The molecule has 1 heterocycles. The molecule has 6 nitrogen and oxygen atoms in total. The number of nitrogens with two attached hydrogens (primary N) is 1. The predicted molar refractivity (Wildman–Crippen MR) is 128 cm³/mol. The minimum Gasteiger partial charge on any atom is -0.347 e. The molecule has 4 N–H and O–H groups in total. The molecule has 1 fully saturated rings. The summed E-state index contributed by atoms with van der Waals surface area (Å²) in [6.07, 6.45) is 4.90. The highest BCUT2D eigenvalue weighted by Crippen LogP contribution is 2.29.